The van der Waals surface area contributed by atoms with Crippen LogP contribution in [0.15, 0.2) is 42.7 Å². The van der Waals surface area contributed by atoms with Crippen molar-refractivity contribution in [2.75, 3.05) is 20.1 Å². The Labute approximate surface area is 158 Å². The molecule has 1 saturated heterocycles. The molecule has 1 fully saturated rings. The zero-order chi connectivity index (χ0) is 19.4. The number of amides is 2. The number of nitrogens with zero attached hydrogens (tertiary/aromatic N) is 4. The third-order valence-corrected chi connectivity index (χ3v) is 5.09. The van der Waals surface area contributed by atoms with E-state index in [4.69, 9.17) is 0 Å². The smallest absolute Gasteiger partial charge is 0.247 e. The van der Waals surface area contributed by atoms with Crippen LogP contribution in [0.5, 0.6) is 0 Å². The van der Waals surface area contributed by atoms with Gasteiger partial charge in [-0.15, -0.1) is 0 Å². The molecule has 0 saturated carbocycles. The van der Waals surface area contributed by atoms with Gasteiger partial charge >= 0.3 is 0 Å². The maximum absolute atomic E-state index is 13.4. The topological polar surface area (TPSA) is 58.4 Å². The summed E-state index contributed by atoms with van der Waals surface area (Å²) in [6.45, 7) is 2.47. The molecule has 3 rings (SSSR count). The van der Waals surface area contributed by atoms with Crippen LogP contribution in [0, 0.1) is 5.82 Å². The lowest BCUT2D eigenvalue weighted by Crippen LogP contribution is -2.45. The van der Waals surface area contributed by atoms with Crippen molar-refractivity contribution >= 4 is 11.8 Å². The molecule has 0 unspecified atom stereocenters. The number of carbonyl (C=O) groups excluding carboxylic acids is 2. The van der Waals surface area contributed by atoms with Gasteiger partial charge in [-0.05, 0) is 49.9 Å². The van der Waals surface area contributed by atoms with Crippen molar-refractivity contribution in [3.63, 3.8) is 0 Å². The molecule has 2 heterocycles. The highest BCUT2D eigenvalue weighted by Crippen LogP contribution is 2.22. The molecule has 2 amide bonds. The lowest BCUT2D eigenvalue weighted by Gasteiger charge is -2.28. The predicted octanol–water partition coefficient (Wildman–Crippen LogP) is 2.28. The summed E-state index contributed by atoms with van der Waals surface area (Å²) in [7, 11) is 1.64. The van der Waals surface area contributed by atoms with Crippen molar-refractivity contribution in [2.24, 2.45) is 0 Å². The van der Waals surface area contributed by atoms with Gasteiger partial charge in [0.05, 0.1) is 6.54 Å². The third kappa shape index (κ3) is 4.53. The fourth-order valence-corrected chi connectivity index (χ4v) is 3.63. The van der Waals surface area contributed by atoms with E-state index in [0.717, 1.165) is 18.4 Å². The van der Waals surface area contributed by atoms with Crippen LogP contribution in [0.25, 0.3) is 0 Å². The van der Waals surface area contributed by atoms with Crippen LogP contribution in [0.3, 0.4) is 0 Å². The van der Waals surface area contributed by atoms with Gasteiger partial charge in [0.25, 0.3) is 0 Å². The fraction of sp³-hybridized carbons (Fsp3) is 0.450. The van der Waals surface area contributed by atoms with Crippen molar-refractivity contribution in [1.29, 1.82) is 0 Å². The summed E-state index contributed by atoms with van der Waals surface area (Å²) in [6, 6.07) is 7.85. The summed E-state index contributed by atoms with van der Waals surface area (Å²) in [5.41, 5.74) is 0.886. The Kier molecular flexibility index (Phi) is 5.88. The molecule has 1 aromatic carbocycles. The molecule has 0 aliphatic carbocycles. The molecule has 27 heavy (non-hydrogen) atoms. The molecule has 0 N–H and O–H groups in total. The van der Waals surface area contributed by atoms with Gasteiger partial charge in [-0.25, -0.2) is 4.39 Å². The highest BCUT2D eigenvalue weighted by Gasteiger charge is 2.30. The normalized spacial score (nSPS) is 17.7. The van der Waals surface area contributed by atoms with Crippen LogP contribution < -0.4 is 0 Å². The molecule has 2 atom stereocenters. The minimum atomic E-state index is -0.459. The molecule has 1 aliphatic rings. The van der Waals surface area contributed by atoms with Crippen LogP contribution in [0.1, 0.15) is 31.4 Å². The Balaban J connectivity index is 1.59. The number of halogens is 1. The van der Waals surface area contributed by atoms with Crippen LogP contribution in [0.4, 0.5) is 4.39 Å². The lowest BCUT2D eigenvalue weighted by atomic mass is 10.0. The summed E-state index contributed by atoms with van der Waals surface area (Å²) in [6.07, 6.45) is 5.80. The number of aromatic nitrogens is 2. The highest BCUT2D eigenvalue weighted by molar-refractivity contribution is 5.86. The minimum Gasteiger partial charge on any atom is -0.338 e. The largest absolute Gasteiger partial charge is 0.338 e. The SMILES string of the molecule is C[C@H](C(=O)N(C)CC(=O)N1CCC[C@H]1Cc1cccc(F)c1)n1cccn1. The number of hydrogen-bond acceptors (Lipinski definition) is 3. The fourth-order valence-electron chi connectivity index (χ4n) is 3.63. The number of hydrogen-bond donors (Lipinski definition) is 0. The second-order valence-electron chi connectivity index (χ2n) is 7.07. The van der Waals surface area contributed by atoms with Gasteiger partial charge in [0, 0.05) is 32.0 Å². The first kappa shape index (κ1) is 19.1. The molecule has 0 spiro atoms. The van der Waals surface area contributed by atoms with E-state index in [2.05, 4.69) is 5.10 Å². The summed E-state index contributed by atoms with van der Waals surface area (Å²) in [4.78, 5) is 28.6. The maximum Gasteiger partial charge on any atom is 0.247 e. The molecular weight excluding hydrogens is 347 g/mol. The highest BCUT2D eigenvalue weighted by atomic mass is 19.1. The van der Waals surface area contributed by atoms with E-state index >= 15 is 0 Å². The third-order valence-electron chi connectivity index (χ3n) is 5.09. The molecule has 144 valence electrons. The Morgan fingerprint density at radius 2 is 2.19 bits per heavy atom. The van der Waals surface area contributed by atoms with Crippen LogP contribution in [-0.4, -0.2) is 57.6 Å². The summed E-state index contributed by atoms with van der Waals surface area (Å²) < 4.78 is 15.0. The van der Waals surface area contributed by atoms with Crippen molar-refractivity contribution in [2.45, 2.75) is 38.3 Å². The first-order valence-corrected chi connectivity index (χ1v) is 9.23. The van der Waals surface area contributed by atoms with E-state index in [9.17, 15) is 14.0 Å². The van der Waals surface area contributed by atoms with Crippen molar-refractivity contribution in [3.8, 4) is 0 Å². The van der Waals surface area contributed by atoms with Crippen molar-refractivity contribution in [3.05, 3.63) is 54.1 Å². The molecular formula is C20H25FN4O2. The van der Waals surface area contributed by atoms with E-state index in [1.807, 2.05) is 11.0 Å². The van der Waals surface area contributed by atoms with Crippen LogP contribution in [-0.2, 0) is 16.0 Å². The summed E-state index contributed by atoms with van der Waals surface area (Å²) in [5.74, 6) is -0.494. The molecule has 6 nitrogen and oxygen atoms in total. The predicted molar refractivity (Wildman–Crippen MR) is 99.4 cm³/mol. The molecule has 0 radical (unpaired) electrons. The molecule has 1 aliphatic heterocycles. The van der Waals surface area contributed by atoms with Crippen LogP contribution in [0.2, 0.25) is 0 Å². The van der Waals surface area contributed by atoms with E-state index in [0.29, 0.717) is 13.0 Å². The first-order chi connectivity index (χ1) is 13.0. The van der Waals surface area contributed by atoms with Crippen molar-refractivity contribution in [1.82, 2.24) is 19.6 Å². The van der Waals surface area contributed by atoms with E-state index in [-0.39, 0.29) is 30.2 Å². The summed E-state index contributed by atoms with van der Waals surface area (Å²) >= 11 is 0. The van der Waals surface area contributed by atoms with E-state index < -0.39 is 6.04 Å². The second-order valence-corrected chi connectivity index (χ2v) is 7.07. The Bertz CT molecular complexity index is 793. The van der Waals surface area contributed by atoms with Gasteiger partial charge in [0.1, 0.15) is 11.9 Å². The standard InChI is InChI=1S/C20H25FN4O2/c1-15(25-11-5-9-22-25)20(27)23(2)14-19(26)24-10-4-8-18(24)13-16-6-3-7-17(21)12-16/h3,5-7,9,11-12,15,18H,4,8,10,13-14H2,1-2H3/t15-,18+/m1/s1. The Morgan fingerprint density at radius 3 is 2.89 bits per heavy atom. The van der Waals surface area contributed by atoms with Gasteiger partial charge in [-0.2, -0.15) is 5.10 Å². The molecule has 7 heteroatoms. The van der Waals surface area contributed by atoms with E-state index in [1.54, 1.807) is 43.2 Å². The van der Waals surface area contributed by atoms with Crippen LogP contribution >= 0.6 is 0 Å². The number of rotatable bonds is 6. The van der Waals surface area contributed by atoms with E-state index in [1.165, 1.54) is 17.0 Å². The van der Waals surface area contributed by atoms with Gasteiger partial charge in [-0.1, -0.05) is 12.1 Å². The Hall–Kier alpha value is -2.70. The minimum absolute atomic E-state index is 0.0318. The molecule has 2 aromatic rings. The van der Waals surface area contributed by atoms with Gasteiger partial charge < -0.3 is 9.80 Å². The van der Waals surface area contributed by atoms with Crippen molar-refractivity contribution < 1.29 is 14.0 Å². The Morgan fingerprint density at radius 1 is 1.37 bits per heavy atom. The zero-order valence-corrected chi connectivity index (χ0v) is 15.7. The van der Waals surface area contributed by atoms with Gasteiger partial charge in [0.15, 0.2) is 0 Å². The lowest BCUT2D eigenvalue weighted by molar-refractivity contribution is -0.141. The first-order valence-electron chi connectivity index (χ1n) is 9.23. The second kappa shape index (κ2) is 8.33. The number of benzene rings is 1. The van der Waals surface area contributed by atoms with Gasteiger partial charge in [-0.3, -0.25) is 14.3 Å². The molecule has 0 bridgehead atoms. The average Bonchev–Trinajstić information content (AvgIpc) is 3.32. The number of likely N-dealkylation sites (tertiary alicyclic amines) is 1. The quantitative estimate of drug-likeness (QED) is 0.782. The van der Waals surface area contributed by atoms with Gasteiger partial charge in [0.2, 0.25) is 11.8 Å². The summed E-state index contributed by atoms with van der Waals surface area (Å²) in [5, 5.41) is 4.09. The number of carbonyl (C=O) groups is 2. The monoisotopic (exact) mass is 372 g/mol. The maximum atomic E-state index is 13.4. The molecule has 1 aromatic heterocycles. The number of likely N-dealkylation sites (N-methyl/N-ethyl adjacent to an activating group) is 1. The zero-order valence-electron chi connectivity index (χ0n) is 15.7. The average molecular weight is 372 g/mol.